The number of anilines is 2. The molecule has 8 nitrogen and oxygen atoms in total. The van der Waals surface area contributed by atoms with E-state index < -0.39 is 11.6 Å². The van der Waals surface area contributed by atoms with Gasteiger partial charge in [0.05, 0.1) is 23.8 Å². The average molecular weight is 428 g/mol. The molecular weight excluding hydrogens is 410 g/mol. The molecule has 31 heavy (non-hydrogen) atoms. The van der Waals surface area contributed by atoms with Crippen molar-refractivity contribution < 1.29 is 27.6 Å². The fourth-order valence-corrected chi connectivity index (χ4v) is 3.77. The fourth-order valence-electron chi connectivity index (χ4n) is 3.77. The van der Waals surface area contributed by atoms with Crippen LogP contribution in [0.25, 0.3) is 0 Å². The standard InChI is InChI=1S/C21H18F2N4O4/c1-11-24-21(31-26-11)6-14-9-29-19-5-13(22)2-3-17(19)27(14)8-12-4-16-18(7-15(12)23)30-10-20(28)25-16/h2-5,7,14H,6,8-10H2,1H3,(H,25,28)/t14-/m1/s1. The second kappa shape index (κ2) is 7.53. The lowest BCUT2D eigenvalue weighted by atomic mass is 10.1. The van der Waals surface area contributed by atoms with E-state index in [-0.39, 0.29) is 37.5 Å². The van der Waals surface area contributed by atoms with Gasteiger partial charge in [-0.1, -0.05) is 5.16 Å². The molecule has 0 fully saturated rings. The number of halogens is 2. The molecule has 3 heterocycles. The smallest absolute Gasteiger partial charge is 0.262 e. The molecule has 0 saturated carbocycles. The van der Waals surface area contributed by atoms with Gasteiger partial charge in [0, 0.05) is 24.2 Å². The maximum absolute atomic E-state index is 14.9. The Labute approximate surface area is 175 Å². The fraction of sp³-hybridized carbons (Fsp3) is 0.286. The lowest BCUT2D eigenvalue weighted by Gasteiger charge is -2.38. The maximum Gasteiger partial charge on any atom is 0.262 e. The minimum atomic E-state index is -0.475. The van der Waals surface area contributed by atoms with Crippen molar-refractivity contribution in [2.45, 2.75) is 25.9 Å². The highest BCUT2D eigenvalue weighted by atomic mass is 19.1. The summed E-state index contributed by atoms with van der Waals surface area (Å²) in [6.45, 7) is 1.94. The monoisotopic (exact) mass is 428 g/mol. The lowest BCUT2D eigenvalue weighted by molar-refractivity contribution is -0.118. The number of ether oxygens (including phenoxy) is 2. The van der Waals surface area contributed by atoms with Crippen LogP contribution in [0.15, 0.2) is 34.9 Å². The van der Waals surface area contributed by atoms with Crippen LogP contribution >= 0.6 is 0 Å². The predicted molar refractivity (Wildman–Crippen MR) is 105 cm³/mol. The quantitative estimate of drug-likeness (QED) is 0.683. The first-order valence-electron chi connectivity index (χ1n) is 9.69. The summed E-state index contributed by atoms with van der Waals surface area (Å²) in [6, 6.07) is 6.76. The van der Waals surface area contributed by atoms with Gasteiger partial charge >= 0.3 is 0 Å². The minimum absolute atomic E-state index is 0.148. The number of hydrogen-bond acceptors (Lipinski definition) is 7. The first-order chi connectivity index (χ1) is 15.0. The normalized spacial score (nSPS) is 17.3. The number of aryl methyl sites for hydroxylation is 1. The Balaban J connectivity index is 1.50. The van der Waals surface area contributed by atoms with Crippen LogP contribution in [0.5, 0.6) is 11.5 Å². The summed E-state index contributed by atoms with van der Waals surface area (Å²) in [5.74, 6) is 0.380. The molecule has 0 aliphatic carbocycles. The van der Waals surface area contributed by atoms with E-state index in [1.54, 1.807) is 19.1 Å². The first-order valence-corrected chi connectivity index (χ1v) is 9.69. The predicted octanol–water partition coefficient (Wildman–Crippen LogP) is 3.00. The number of fused-ring (bicyclic) bond motifs is 2. The average Bonchev–Trinajstić information content (AvgIpc) is 3.15. The number of nitrogens with one attached hydrogen (secondary N) is 1. The Hall–Kier alpha value is -3.69. The van der Waals surface area contributed by atoms with E-state index in [2.05, 4.69) is 15.5 Å². The zero-order valence-corrected chi connectivity index (χ0v) is 16.5. The highest BCUT2D eigenvalue weighted by molar-refractivity contribution is 5.95. The molecule has 160 valence electrons. The molecule has 10 heteroatoms. The Morgan fingerprint density at radius 3 is 2.87 bits per heavy atom. The summed E-state index contributed by atoms with van der Waals surface area (Å²) < 4.78 is 44.9. The molecule has 0 unspecified atom stereocenters. The molecule has 1 aromatic heterocycles. The van der Waals surface area contributed by atoms with Gasteiger partial charge in [0.2, 0.25) is 5.89 Å². The van der Waals surface area contributed by atoms with E-state index in [1.807, 2.05) is 4.90 Å². The van der Waals surface area contributed by atoms with Crippen LogP contribution in [-0.4, -0.2) is 35.3 Å². The lowest BCUT2D eigenvalue weighted by Crippen LogP contribution is -2.44. The first kappa shape index (κ1) is 19.3. The van der Waals surface area contributed by atoms with Crippen molar-refractivity contribution in [3.63, 3.8) is 0 Å². The molecule has 0 radical (unpaired) electrons. The Bertz CT molecular complexity index is 1170. The number of carbonyl (C=O) groups is 1. The second-order valence-corrected chi connectivity index (χ2v) is 7.42. The molecule has 0 saturated heterocycles. The molecule has 1 atom stereocenters. The van der Waals surface area contributed by atoms with Gasteiger partial charge in [0.1, 0.15) is 29.7 Å². The molecule has 1 amide bonds. The largest absolute Gasteiger partial charge is 0.489 e. The topological polar surface area (TPSA) is 89.7 Å². The molecule has 5 rings (SSSR count). The van der Waals surface area contributed by atoms with E-state index in [1.165, 1.54) is 18.2 Å². The second-order valence-electron chi connectivity index (χ2n) is 7.42. The van der Waals surface area contributed by atoms with Crippen LogP contribution in [0, 0.1) is 18.6 Å². The van der Waals surface area contributed by atoms with Gasteiger partial charge in [0.25, 0.3) is 5.91 Å². The number of hydrogen-bond donors (Lipinski definition) is 1. The summed E-state index contributed by atoms with van der Waals surface area (Å²) in [5, 5.41) is 6.50. The third kappa shape index (κ3) is 3.76. The number of aromatic nitrogens is 2. The molecular formula is C21H18F2N4O4. The third-order valence-electron chi connectivity index (χ3n) is 5.21. The van der Waals surface area contributed by atoms with Crippen LogP contribution < -0.4 is 19.7 Å². The van der Waals surface area contributed by atoms with Crippen molar-refractivity contribution in [1.82, 2.24) is 10.1 Å². The van der Waals surface area contributed by atoms with Gasteiger partial charge in [0.15, 0.2) is 12.4 Å². The van der Waals surface area contributed by atoms with Crippen LogP contribution in [0.1, 0.15) is 17.3 Å². The number of rotatable bonds is 4. The zero-order valence-electron chi connectivity index (χ0n) is 16.5. The van der Waals surface area contributed by atoms with Gasteiger partial charge in [-0.05, 0) is 25.1 Å². The van der Waals surface area contributed by atoms with Crippen molar-refractivity contribution in [1.29, 1.82) is 0 Å². The van der Waals surface area contributed by atoms with Crippen LogP contribution in [0.2, 0.25) is 0 Å². The number of amides is 1. The van der Waals surface area contributed by atoms with E-state index in [0.29, 0.717) is 40.8 Å². The van der Waals surface area contributed by atoms with Gasteiger partial charge in [-0.2, -0.15) is 4.98 Å². The van der Waals surface area contributed by atoms with E-state index in [4.69, 9.17) is 14.0 Å². The maximum atomic E-state index is 14.9. The summed E-state index contributed by atoms with van der Waals surface area (Å²) in [4.78, 5) is 17.8. The minimum Gasteiger partial charge on any atom is -0.489 e. The molecule has 0 spiro atoms. The summed E-state index contributed by atoms with van der Waals surface area (Å²) in [5.41, 5.74) is 1.36. The summed E-state index contributed by atoms with van der Waals surface area (Å²) >= 11 is 0. The highest BCUT2D eigenvalue weighted by Gasteiger charge is 2.31. The van der Waals surface area contributed by atoms with Crippen molar-refractivity contribution in [2.24, 2.45) is 0 Å². The van der Waals surface area contributed by atoms with Crippen LogP contribution in [0.4, 0.5) is 20.2 Å². The van der Waals surface area contributed by atoms with E-state index in [0.717, 1.165) is 0 Å². The molecule has 2 aromatic carbocycles. The SMILES string of the molecule is Cc1noc(C[C@@H]2COc3cc(F)ccc3N2Cc2cc3c(cc2F)OCC(=O)N3)n1. The molecule has 1 N–H and O–H groups in total. The Morgan fingerprint density at radius 1 is 1.19 bits per heavy atom. The van der Waals surface area contributed by atoms with Gasteiger partial charge in [-0.3, -0.25) is 4.79 Å². The van der Waals surface area contributed by atoms with Crippen molar-refractivity contribution in [3.05, 3.63) is 59.2 Å². The Kier molecular flexibility index (Phi) is 4.68. The number of carbonyl (C=O) groups excluding carboxylic acids is 1. The molecule has 2 aliphatic rings. The van der Waals surface area contributed by atoms with Gasteiger partial charge in [-0.25, -0.2) is 8.78 Å². The van der Waals surface area contributed by atoms with Crippen LogP contribution in [-0.2, 0) is 17.8 Å². The highest BCUT2D eigenvalue weighted by Crippen LogP contribution is 2.38. The van der Waals surface area contributed by atoms with Crippen molar-refractivity contribution in [3.8, 4) is 11.5 Å². The number of benzene rings is 2. The number of nitrogens with zero attached hydrogens (tertiary/aromatic N) is 3. The molecule has 3 aromatic rings. The van der Waals surface area contributed by atoms with E-state index >= 15 is 0 Å². The molecule has 2 aliphatic heterocycles. The van der Waals surface area contributed by atoms with Crippen LogP contribution in [0.3, 0.4) is 0 Å². The Morgan fingerprint density at radius 2 is 2.06 bits per heavy atom. The van der Waals surface area contributed by atoms with Crippen molar-refractivity contribution in [2.75, 3.05) is 23.4 Å². The van der Waals surface area contributed by atoms with E-state index in [9.17, 15) is 13.6 Å². The third-order valence-corrected chi connectivity index (χ3v) is 5.21. The summed E-state index contributed by atoms with van der Waals surface area (Å²) in [6.07, 6.45) is 0.365. The van der Waals surface area contributed by atoms with Gasteiger partial charge < -0.3 is 24.2 Å². The van der Waals surface area contributed by atoms with Gasteiger partial charge in [-0.15, -0.1) is 0 Å². The van der Waals surface area contributed by atoms with Crippen molar-refractivity contribution >= 4 is 17.3 Å². The zero-order chi connectivity index (χ0) is 21.5. The molecule has 0 bridgehead atoms. The summed E-state index contributed by atoms with van der Waals surface area (Å²) in [7, 11) is 0.